The van der Waals surface area contributed by atoms with E-state index in [-0.39, 0.29) is 33.9 Å². The predicted octanol–water partition coefficient (Wildman–Crippen LogP) is 4.29. The van der Waals surface area contributed by atoms with Gasteiger partial charge in [0.2, 0.25) is 11.8 Å². The van der Waals surface area contributed by atoms with Crippen molar-refractivity contribution < 1.29 is 13.7 Å². The molecule has 1 amide bonds. The van der Waals surface area contributed by atoms with Gasteiger partial charge in [0.05, 0.1) is 45.2 Å². The van der Waals surface area contributed by atoms with Crippen LogP contribution in [-0.4, -0.2) is 38.8 Å². The summed E-state index contributed by atoms with van der Waals surface area (Å²) in [5.41, 5.74) is 1.95. The number of carbonyl (C=O) groups excluding carboxylic acids is 1. The average molecular weight is 560 g/mol. The summed E-state index contributed by atoms with van der Waals surface area (Å²) in [6.07, 6.45) is 3.03. The first-order valence-corrected chi connectivity index (χ1v) is 13.0. The number of hydrogen-bond acceptors (Lipinski definition) is 6. The van der Waals surface area contributed by atoms with Gasteiger partial charge in [-0.1, -0.05) is 42.3 Å². The normalized spacial score (nSPS) is 12.7. The van der Waals surface area contributed by atoms with E-state index in [1.54, 1.807) is 56.6 Å². The Kier molecular flexibility index (Phi) is 8.11. The predicted molar refractivity (Wildman–Crippen MR) is 146 cm³/mol. The Labute approximate surface area is 225 Å². The van der Waals surface area contributed by atoms with Gasteiger partial charge in [-0.2, -0.15) is 0 Å². The third-order valence-corrected chi connectivity index (χ3v) is 7.76. The first kappa shape index (κ1) is 26.6. The molecule has 0 aliphatic carbocycles. The fraction of sp³-hybridized carbons (Fsp3) is 0.200. The van der Waals surface area contributed by atoms with Crippen molar-refractivity contribution in [2.45, 2.75) is 18.4 Å². The molecule has 0 saturated heterocycles. The van der Waals surface area contributed by atoms with Crippen molar-refractivity contribution in [3.63, 3.8) is 0 Å². The smallest absolute Gasteiger partial charge is 0.261 e. The van der Waals surface area contributed by atoms with Crippen molar-refractivity contribution >= 4 is 56.7 Å². The fourth-order valence-corrected chi connectivity index (χ4v) is 5.22. The van der Waals surface area contributed by atoms with Crippen LogP contribution in [0.25, 0.3) is 22.0 Å². The van der Waals surface area contributed by atoms with Crippen LogP contribution in [0.5, 0.6) is 5.88 Å². The van der Waals surface area contributed by atoms with Gasteiger partial charge in [-0.25, -0.2) is 14.2 Å². The number of nitrogens with one attached hydrogen (secondary N) is 2. The van der Waals surface area contributed by atoms with Gasteiger partial charge in [0, 0.05) is 25.4 Å². The lowest BCUT2D eigenvalue weighted by molar-refractivity contribution is -0.124. The zero-order valence-corrected chi connectivity index (χ0v) is 22.4. The van der Waals surface area contributed by atoms with E-state index < -0.39 is 16.9 Å². The minimum atomic E-state index is -1.75. The van der Waals surface area contributed by atoms with Gasteiger partial charge in [-0.15, -0.1) is 0 Å². The summed E-state index contributed by atoms with van der Waals surface area (Å²) < 4.78 is 22.6. The van der Waals surface area contributed by atoms with Crippen LogP contribution < -0.4 is 20.3 Å². The number of anilines is 1. The maximum Gasteiger partial charge on any atom is 0.261 e. The summed E-state index contributed by atoms with van der Waals surface area (Å²) in [6.45, 7) is 1.94. The number of benzene rings is 2. The van der Waals surface area contributed by atoms with Crippen molar-refractivity contribution in [2.75, 3.05) is 18.9 Å². The first-order chi connectivity index (χ1) is 17.7. The second kappa shape index (κ2) is 11.3. The Balaban J connectivity index is 1.70. The molecule has 2 aromatic carbocycles. The Bertz CT molecular complexity index is 1580. The largest absolute Gasteiger partial charge is 0.480 e. The number of carbonyl (C=O) groups is 1. The molecule has 2 unspecified atom stereocenters. The highest BCUT2D eigenvalue weighted by atomic mass is 35.5. The molecule has 192 valence electrons. The van der Waals surface area contributed by atoms with E-state index in [0.717, 1.165) is 0 Å². The molecule has 2 N–H and O–H groups in total. The molecular weight excluding hydrogens is 537 g/mol. The second-order valence-electron chi connectivity index (χ2n) is 8.15. The van der Waals surface area contributed by atoms with Crippen molar-refractivity contribution in [3.05, 3.63) is 75.4 Å². The van der Waals surface area contributed by atoms with Gasteiger partial charge >= 0.3 is 0 Å². The maximum atomic E-state index is 13.2. The monoisotopic (exact) mass is 559 g/mol. The number of methoxy groups -OCH3 is 1. The summed E-state index contributed by atoms with van der Waals surface area (Å²) in [7, 11) is 1.25. The summed E-state index contributed by atoms with van der Waals surface area (Å²) in [5, 5.41) is 3.44. The number of amides is 1. The molecule has 2 aromatic heterocycles. The van der Waals surface area contributed by atoms with Gasteiger partial charge in [0.15, 0.2) is 11.0 Å². The third-order valence-electron chi connectivity index (χ3n) is 5.68. The highest BCUT2D eigenvalue weighted by molar-refractivity contribution is 7.86. The highest BCUT2D eigenvalue weighted by Gasteiger charge is 2.17. The number of ether oxygens (including phenoxy) is 1. The molecule has 4 aromatic rings. The summed E-state index contributed by atoms with van der Waals surface area (Å²) >= 11 is 12.3. The van der Waals surface area contributed by atoms with Gasteiger partial charge in [0.25, 0.3) is 5.56 Å². The van der Waals surface area contributed by atoms with E-state index in [9.17, 15) is 13.8 Å². The van der Waals surface area contributed by atoms with Crippen LogP contribution in [-0.2, 0) is 22.3 Å². The molecule has 2 atom stereocenters. The van der Waals surface area contributed by atoms with E-state index >= 15 is 0 Å². The number of rotatable bonds is 8. The van der Waals surface area contributed by atoms with Gasteiger partial charge in [-0.3, -0.25) is 18.9 Å². The zero-order chi connectivity index (χ0) is 26.7. The molecule has 0 radical (unpaired) electrons. The molecule has 2 heterocycles. The first-order valence-electron chi connectivity index (χ1n) is 11.1. The minimum absolute atomic E-state index is 0.165. The van der Waals surface area contributed by atoms with Gasteiger partial charge < -0.3 is 10.1 Å². The summed E-state index contributed by atoms with van der Waals surface area (Å²) in [4.78, 5) is 34.1. The van der Waals surface area contributed by atoms with Gasteiger partial charge in [-0.05, 0) is 35.9 Å². The van der Waals surface area contributed by atoms with Crippen LogP contribution in [0.2, 0.25) is 10.0 Å². The van der Waals surface area contributed by atoms with Crippen LogP contribution in [0.15, 0.2) is 64.7 Å². The quantitative estimate of drug-likeness (QED) is 0.332. The number of aromatic nitrogens is 3. The van der Waals surface area contributed by atoms with Crippen LogP contribution in [0.3, 0.4) is 0 Å². The SMILES string of the molecule is CNC(=O)C(C)Cn1cnc2ccc(-c3cnc(OC)c(NS(=O)c4cccc(Cl)c4Cl)c3)cc2c1=O. The van der Waals surface area contributed by atoms with Crippen molar-refractivity contribution in [1.82, 2.24) is 19.9 Å². The molecule has 0 aliphatic rings. The molecule has 12 heteroatoms. The maximum absolute atomic E-state index is 13.2. The Morgan fingerprint density at radius 3 is 2.68 bits per heavy atom. The van der Waals surface area contributed by atoms with Crippen molar-refractivity contribution in [2.24, 2.45) is 5.92 Å². The molecule has 37 heavy (non-hydrogen) atoms. The molecule has 0 bridgehead atoms. The number of halogens is 2. The summed E-state index contributed by atoms with van der Waals surface area (Å²) in [6, 6.07) is 11.8. The molecule has 0 fully saturated rings. The average Bonchev–Trinajstić information content (AvgIpc) is 2.91. The number of nitrogens with zero attached hydrogens (tertiary/aromatic N) is 3. The minimum Gasteiger partial charge on any atom is -0.480 e. The lowest BCUT2D eigenvalue weighted by atomic mass is 10.0. The molecule has 4 rings (SSSR count). The van der Waals surface area contributed by atoms with Gasteiger partial charge in [0.1, 0.15) is 5.69 Å². The number of hydrogen-bond donors (Lipinski definition) is 2. The highest BCUT2D eigenvalue weighted by Crippen LogP contribution is 2.32. The lowest BCUT2D eigenvalue weighted by Crippen LogP contribution is -2.32. The van der Waals surface area contributed by atoms with Crippen LogP contribution in [0, 0.1) is 5.92 Å². The topological polar surface area (TPSA) is 115 Å². The Morgan fingerprint density at radius 2 is 1.95 bits per heavy atom. The van der Waals surface area contributed by atoms with E-state index in [1.165, 1.54) is 18.0 Å². The van der Waals surface area contributed by atoms with Crippen LogP contribution >= 0.6 is 23.2 Å². The van der Waals surface area contributed by atoms with Crippen molar-refractivity contribution in [1.29, 1.82) is 0 Å². The van der Waals surface area contributed by atoms with E-state index in [2.05, 4.69) is 20.0 Å². The number of fused-ring (bicyclic) bond motifs is 1. The van der Waals surface area contributed by atoms with Crippen molar-refractivity contribution in [3.8, 4) is 17.0 Å². The zero-order valence-electron chi connectivity index (χ0n) is 20.1. The Hall–Kier alpha value is -3.47. The summed E-state index contributed by atoms with van der Waals surface area (Å²) in [5.74, 6) is -0.344. The van der Waals surface area contributed by atoms with Crippen LogP contribution in [0.1, 0.15) is 6.92 Å². The fourth-order valence-electron chi connectivity index (χ4n) is 3.72. The third kappa shape index (κ3) is 5.61. The Morgan fingerprint density at radius 1 is 1.16 bits per heavy atom. The van der Waals surface area contributed by atoms with E-state index in [0.29, 0.717) is 32.6 Å². The lowest BCUT2D eigenvalue weighted by Gasteiger charge is -2.14. The number of pyridine rings is 1. The molecular formula is C25H23Cl2N5O4S. The van der Waals surface area contributed by atoms with E-state index in [1.807, 2.05) is 6.07 Å². The standard InChI is InChI=1S/C25H23Cl2N5O4S/c1-14(23(33)28-2)12-32-13-30-19-8-7-15(9-17(19)25(32)34)16-10-20(24(36-3)29-11-16)31-37(35)21-6-4-5-18(26)22(21)27/h4-11,13-14,31H,12H2,1-3H3,(H,28,33). The molecule has 0 aliphatic heterocycles. The van der Waals surface area contributed by atoms with Crippen LogP contribution in [0.4, 0.5) is 5.69 Å². The molecule has 0 saturated carbocycles. The molecule has 0 spiro atoms. The second-order valence-corrected chi connectivity index (χ2v) is 10.1. The van der Waals surface area contributed by atoms with E-state index in [4.69, 9.17) is 27.9 Å². The molecule has 9 nitrogen and oxygen atoms in total.